The number of hydrogen-bond acceptors (Lipinski definition) is 5. The lowest BCUT2D eigenvalue weighted by Gasteiger charge is -2.31. The third-order valence-electron chi connectivity index (χ3n) is 4.06. The summed E-state index contributed by atoms with van der Waals surface area (Å²) >= 11 is 1.32. The van der Waals surface area contributed by atoms with Crippen LogP contribution in [0.25, 0.3) is 10.1 Å². The lowest BCUT2D eigenvalue weighted by Crippen LogP contribution is -2.52. The molecule has 0 spiro atoms. The summed E-state index contributed by atoms with van der Waals surface area (Å²) in [5, 5.41) is 14.5. The minimum atomic E-state index is -0.440. The van der Waals surface area contributed by atoms with Gasteiger partial charge in [0.1, 0.15) is 0 Å². The molecule has 2 rings (SSSR count). The Hall–Kier alpha value is -1.99. The number of non-ortho nitro benzene ring substituents is 1. The van der Waals surface area contributed by atoms with Crippen LogP contribution in [-0.4, -0.2) is 22.9 Å². The number of benzene rings is 1. The molecule has 0 bridgehead atoms. The Bertz CT molecular complexity index is 699. The summed E-state index contributed by atoms with van der Waals surface area (Å²) < 4.78 is 0.849. The molecule has 0 aliphatic rings. The van der Waals surface area contributed by atoms with E-state index in [1.165, 1.54) is 23.5 Å². The lowest BCUT2D eigenvalue weighted by molar-refractivity contribution is -0.384. The van der Waals surface area contributed by atoms with Gasteiger partial charge in [-0.3, -0.25) is 14.9 Å². The molecule has 0 unspecified atom stereocenters. The molecule has 0 fully saturated rings. The van der Waals surface area contributed by atoms with Crippen LogP contribution >= 0.6 is 11.3 Å². The van der Waals surface area contributed by atoms with Crippen LogP contribution in [0.4, 0.5) is 5.69 Å². The molecule has 0 aliphatic carbocycles. The van der Waals surface area contributed by atoms with Crippen LogP contribution in [0.15, 0.2) is 24.3 Å². The number of nitrogens with one attached hydrogen (secondary N) is 1. The second kappa shape index (κ2) is 6.41. The average Bonchev–Trinajstić information content (AvgIpc) is 2.95. The van der Waals surface area contributed by atoms with Gasteiger partial charge in [-0.2, -0.15) is 0 Å². The summed E-state index contributed by atoms with van der Waals surface area (Å²) in [7, 11) is 0. The molecule has 1 amide bonds. The van der Waals surface area contributed by atoms with Crippen LogP contribution in [0.3, 0.4) is 0 Å². The van der Waals surface area contributed by atoms with Gasteiger partial charge in [-0.05, 0) is 25.0 Å². The molecule has 1 aromatic heterocycles. The Morgan fingerprint density at radius 2 is 2.05 bits per heavy atom. The first-order chi connectivity index (χ1) is 10.4. The van der Waals surface area contributed by atoms with Gasteiger partial charge in [-0.1, -0.05) is 13.8 Å². The number of thiophene rings is 1. The summed E-state index contributed by atoms with van der Waals surface area (Å²) in [6.45, 7) is 4.36. The van der Waals surface area contributed by atoms with E-state index >= 15 is 0 Å². The number of carbonyl (C=O) groups excluding carboxylic acids is 1. The maximum Gasteiger partial charge on any atom is 0.270 e. The number of nitro benzene ring substituents is 1. The number of nitrogens with two attached hydrogens (primary N) is 1. The van der Waals surface area contributed by atoms with Crippen LogP contribution in [-0.2, 0) is 0 Å². The quantitative estimate of drug-likeness (QED) is 0.631. The van der Waals surface area contributed by atoms with Gasteiger partial charge in [0.25, 0.3) is 11.6 Å². The Labute approximate surface area is 132 Å². The Kier molecular flexibility index (Phi) is 4.77. The third-order valence-corrected chi connectivity index (χ3v) is 5.17. The van der Waals surface area contributed by atoms with Gasteiger partial charge in [-0.25, -0.2) is 0 Å². The van der Waals surface area contributed by atoms with Crippen molar-refractivity contribution in [2.75, 3.05) is 6.54 Å². The smallest absolute Gasteiger partial charge is 0.270 e. The van der Waals surface area contributed by atoms with Crippen molar-refractivity contribution >= 4 is 33.0 Å². The van der Waals surface area contributed by atoms with E-state index in [4.69, 9.17) is 5.73 Å². The average molecular weight is 321 g/mol. The topological polar surface area (TPSA) is 98.3 Å². The maximum absolute atomic E-state index is 12.4. The first kappa shape index (κ1) is 16.4. The number of nitro groups is 1. The SMILES string of the molecule is CCC(CC)(CN)NC(=O)c1cc2cc([N+](=O)[O-])ccc2s1. The van der Waals surface area contributed by atoms with Crippen LogP contribution < -0.4 is 11.1 Å². The van der Waals surface area contributed by atoms with Crippen molar-refractivity contribution in [1.29, 1.82) is 0 Å². The van der Waals surface area contributed by atoms with Crippen molar-refractivity contribution < 1.29 is 9.72 Å². The van der Waals surface area contributed by atoms with Crippen molar-refractivity contribution in [2.24, 2.45) is 5.73 Å². The van der Waals surface area contributed by atoms with Gasteiger partial charge in [0.05, 0.1) is 15.3 Å². The minimum absolute atomic E-state index is 0.0238. The molecule has 22 heavy (non-hydrogen) atoms. The molecule has 0 radical (unpaired) electrons. The zero-order valence-corrected chi connectivity index (χ0v) is 13.4. The van der Waals surface area contributed by atoms with E-state index < -0.39 is 10.5 Å². The second-order valence-corrected chi connectivity index (χ2v) is 6.32. The van der Waals surface area contributed by atoms with Gasteiger partial charge in [0.15, 0.2) is 0 Å². The number of nitrogens with zero attached hydrogens (tertiary/aromatic N) is 1. The second-order valence-electron chi connectivity index (χ2n) is 5.24. The highest BCUT2D eigenvalue weighted by Crippen LogP contribution is 2.29. The molecule has 0 saturated heterocycles. The first-order valence-electron chi connectivity index (χ1n) is 7.15. The molecule has 6 nitrogen and oxygen atoms in total. The largest absolute Gasteiger partial charge is 0.345 e. The van der Waals surface area contributed by atoms with E-state index in [1.54, 1.807) is 12.1 Å². The highest BCUT2D eigenvalue weighted by molar-refractivity contribution is 7.20. The highest BCUT2D eigenvalue weighted by Gasteiger charge is 2.27. The molecule has 0 aliphatic heterocycles. The summed E-state index contributed by atoms with van der Waals surface area (Å²) in [4.78, 5) is 23.3. The maximum atomic E-state index is 12.4. The number of carbonyl (C=O) groups is 1. The van der Waals surface area contributed by atoms with Crippen LogP contribution in [0.2, 0.25) is 0 Å². The Morgan fingerprint density at radius 3 is 2.59 bits per heavy atom. The lowest BCUT2D eigenvalue weighted by atomic mass is 9.93. The molecular formula is C15H19N3O3S. The van der Waals surface area contributed by atoms with Crippen LogP contribution in [0.5, 0.6) is 0 Å². The van der Waals surface area contributed by atoms with E-state index in [1.807, 2.05) is 13.8 Å². The van der Waals surface area contributed by atoms with E-state index in [2.05, 4.69) is 5.32 Å². The summed E-state index contributed by atoms with van der Waals surface area (Å²) in [5.74, 6) is -0.182. The fourth-order valence-electron chi connectivity index (χ4n) is 2.33. The molecule has 1 aromatic carbocycles. The predicted molar refractivity (Wildman–Crippen MR) is 88.3 cm³/mol. The van der Waals surface area contributed by atoms with Crippen molar-refractivity contribution in [3.05, 3.63) is 39.3 Å². The standard InChI is InChI=1S/C15H19N3O3S/c1-3-15(4-2,9-16)17-14(19)13-8-10-7-11(18(20)21)5-6-12(10)22-13/h5-8H,3-4,9,16H2,1-2H3,(H,17,19). The molecule has 2 aromatic rings. The van der Waals surface area contributed by atoms with Gasteiger partial charge in [-0.15, -0.1) is 11.3 Å². The number of amides is 1. The monoisotopic (exact) mass is 321 g/mol. The molecule has 1 heterocycles. The highest BCUT2D eigenvalue weighted by atomic mass is 32.1. The zero-order valence-electron chi connectivity index (χ0n) is 12.6. The van der Waals surface area contributed by atoms with Crippen molar-refractivity contribution in [2.45, 2.75) is 32.2 Å². The van der Waals surface area contributed by atoms with Gasteiger partial charge >= 0.3 is 0 Å². The van der Waals surface area contributed by atoms with Crippen LogP contribution in [0.1, 0.15) is 36.4 Å². The third kappa shape index (κ3) is 3.10. The van der Waals surface area contributed by atoms with Crippen molar-refractivity contribution in [3.63, 3.8) is 0 Å². The summed E-state index contributed by atoms with van der Waals surface area (Å²) in [5.41, 5.74) is 5.42. The Morgan fingerprint density at radius 1 is 1.36 bits per heavy atom. The predicted octanol–water partition coefficient (Wildman–Crippen LogP) is 3.06. The first-order valence-corrected chi connectivity index (χ1v) is 7.97. The van der Waals surface area contributed by atoms with Gasteiger partial charge < -0.3 is 11.1 Å². The summed E-state index contributed by atoms with van der Waals surface area (Å²) in [6, 6.07) is 6.29. The summed E-state index contributed by atoms with van der Waals surface area (Å²) in [6.07, 6.45) is 1.50. The molecule has 3 N–H and O–H groups in total. The van der Waals surface area contributed by atoms with E-state index in [0.717, 1.165) is 17.5 Å². The normalized spacial score (nSPS) is 11.6. The van der Waals surface area contributed by atoms with Crippen LogP contribution in [0, 0.1) is 10.1 Å². The molecular weight excluding hydrogens is 302 g/mol. The number of hydrogen-bond donors (Lipinski definition) is 2. The van der Waals surface area contributed by atoms with Crippen molar-refractivity contribution in [1.82, 2.24) is 5.32 Å². The minimum Gasteiger partial charge on any atom is -0.345 e. The van der Waals surface area contributed by atoms with Gasteiger partial charge in [0.2, 0.25) is 0 Å². The van der Waals surface area contributed by atoms with Gasteiger partial charge in [0, 0.05) is 28.8 Å². The Balaban J connectivity index is 2.30. The van der Waals surface area contributed by atoms with E-state index in [9.17, 15) is 14.9 Å². The number of fused-ring (bicyclic) bond motifs is 1. The van der Waals surface area contributed by atoms with E-state index in [0.29, 0.717) is 16.8 Å². The van der Waals surface area contributed by atoms with E-state index in [-0.39, 0.29) is 11.6 Å². The molecule has 0 atom stereocenters. The number of rotatable bonds is 6. The molecule has 0 saturated carbocycles. The molecule has 118 valence electrons. The zero-order chi connectivity index (χ0) is 16.3. The molecule has 7 heteroatoms. The van der Waals surface area contributed by atoms with Crippen molar-refractivity contribution in [3.8, 4) is 0 Å². The fourth-order valence-corrected chi connectivity index (χ4v) is 3.26. The fraction of sp³-hybridized carbons (Fsp3) is 0.400.